The van der Waals surface area contributed by atoms with Crippen LogP contribution in [-0.4, -0.2) is 73.8 Å². The van der Waals surface area contributed by atoms with Gasteiger partial charge in [-0.25, -0.2) is 9.59 Å². The summed E-state index contributed by atoms with van der Waals surface area (Å²) in [6.07, 6.45) is 6.66. The maximum Gasteiger partial charge on any atom is 0.338 e. The molecule has 0 aromatic heterocycles. The van der Waals surface area contributed by atoms with Crippen LogP contribution in [0, 0.1) is 0 Å². The van der Waals surface area contributed by atoms with Crippen LogP contribution >= 0.6 is 0 Å². The van der Waals surface area contributed by atoms with E-state index in [2.05, 4.69) is 20.4 Å². The smallest absolute Gasteiger partial charge is 0.338 e. The van der Waals surface area contributed by atoms with Crippen LogP contribution in [-0.2, 0) is 9.53 Å². The molecular formula is C26H38N4O4. The topological polar surface area (TPSA) is 83.1 Å². The Morgan fingerprint density at radius 1 is 1.00 bits per heavy atom. The van der Waals surface area contributed by atoms with E-state index < -0.39 is 12.0 Å². The molecule has 8 nitrogen and oxygen atoms in total. The normalized spacial score (nSPS) is 22.8. The minimum Gasteiger partial charge on any atom is -0.494 e. The molecule has 3 aliphatic rings. The van der Waals surface area contributed by atoms with Gasteiger partial charge in [0.1, 0.15) is 5.75 Å². The molecule has 1 aliphatic carbocycles. The average Bonchev–Trinajstić information content (AvgIpc) is 2.85. The van der Waals surface area contributed by atoms with Crippen molar-refractivity contribution in [2.45, 2.75) is 58.0 Å². The number of nitrogens with zero attached hydrogens (tertiary/aromatic N) is 2. The third-order valence-electron chi connectivity index (χ3n) is 7.05. The highest BCUT2D eigenvalue weighted by Gasteiger charge is 2.35. The maximum atomic E-state index is 13.0. The summed E-state index contributed by atoms with van der Waals surface area (Å²) in [5.74, 6) is 0.356. The lowest BCUT2D eigenvalue weighted by Gasteiger charge is -2.41. The standard InChI is InChI=1S/C26H38N4O4/c1-3-33-21-12-10-19(11-13-21)24-23(25(31)34-4-2)22(27-26(32)28-24)18-29-14-16-30(17-15-29)20-8-6-5-7-9-20/h10-13,20,24H,3-9,14-18H2,1-2H3,(H2,27,28,32). The zero-order chi connectivity index (χ0) is 23.9. The molecule has 2 aliphatic heterocycles. The van der Waals surface area contributed by atoms with E-state index in [0.717, 1.165) is 37.5 Å². The van der Waals surface area contributed by atoms with Gasteiger partial charge in [0.05, 0.1) is 24.8 Å². The number of ether oxygens (including phenoxy) is 2. The summed E-state index contributed by atoms with van der Waals surface area (Å²) in [6.45, 7) is 9.01. The average molecular weight is 471 g/mol. The molecule has 34 heavy (non-hydrogen) atoms. The van der Waals surface area contributed by atoms with Crippen LogP contribution in [0.15, 0.2) is 35.5 Å². The van der Waals surface area contributed by atoms with Crippen molar-refractivity contribution in [1.82, 2.24) is 20.4 Å². The van der Waals surface area contributed by atoms with E-state index >= 15 is 0 Å². The SMILES string of the molecule is CCOC(=O)C1=C(CN2CCN(C3CCCCC3)CC2)NC(=O)NC1c1ccc(OCC)cc1. The molecule has 1 unspecified atom stereocenters. The van der Waals surface area contributed by atoms with Crippen LogP contribution in [0.2, 0.25) is 0 Å². The zero-order valence-corrected chi connectivity index (χ0v) is 20.5. The molecule has 1 saturated carbocycles. The molecule has 1 aromatic carbocycles. The van der Waals surface area contributed by atoms with E-state index in [0.29, 0.717) is 30.5 Å². The Hall–Kier alpha value is -2.58. The fraction of sp³-hybridized carbons (Fsp3) is 0.615. The van der Waals surface area contributed by atoms with Crippen LogP contribution < -0.4 is 15.4 Å². The number of hydrogen-bond donors (Lipinski definition) is 2. The number of nitrogens with one attached hydrogen (secondary N) is 2. The molecule has 1 aromatic rings. The Morgan fingerprint density at radius 2 is 1.71 bits per heavy atom. The van der Waals surface area contributed by atoms with Gasteiger partial charge in [-0.1, -0.05) is 31.4 Å². The lowest BCUT2D eigenvalue weighted by atomic mass is 9.93. The summed E-state index contributed by atoms with van der Waals surface area (Å²) in [5.41, 5.74) is 1.92. The van der Waals surface area contributed by atoms with Crippen molar-refractivity contribution in [1.29, 1.82) is 0 Å². The lowest BCUT2D eigenvalue weighted by molar-refractivity contribution is -0.139. The molecule has 1 saturated heterocycles. The van der Waals surface area contributed by atoms with E-state index in [1.165, 1.54) is 32.1 Å². The Bertz CT molecular complexity index is 871. The first-order chi connectivity index (χ1) is 16.6. The number of esters is 1. The summed E-state index contributed by atoms with van der Waals surface area (Å²) < 4.78 is 10.9. The number of carbonyl (C=O) groups is 2. The molecule has 4 rings (SSSR count). The van der Waals surface area contributed by atoms with Gasteiger partial charge in [0, 0.05) is 44.5 Å². The van der Waals surface area contributed by atoms with Gasteiger partial charge in [0.25, 0.3) is 0 Å². The molecule has 186 valence electrons. The van der Waals surface area contributed by atoms with E-state index in [1.54, 1.807) is 6.92 Å². The van der Waals surface area contributed by atoms with Crippen molar-refractivity contribution < 1.29 is 19.1 Å². The number of urea groups is 1. The van der Waals surface area contributed by atoms with Crippen molar-refractivity contribution in [3.8, 4) is 5.75 Å². The molecule has 0 radical (unpaired) electrons. The van der Waals surface area contributed by atoms with Crippen LogP contribution in [0.4, 0.5) is 4.79 Å². The molecule has 8 heteroatoms. The van der Waals surface area contributed by atoms with Crippen molar-refractivity contribution in [3.63, 3.8) is 0 Å². The van der Waals surface area contributed by atoms with Crippen molar-refractivity contribution in [3.05, 3.63) is 41.1 Å². The number of hydrogen-bond acceptors (Lipinski definition) is 6. The largest absolute Gasteiger partial charge is 0.494 e. The number of amides is 2. The molecule has 2 amide bonds. The van der Waals surface area contributed by atoms with Gasteiger partial charge in [-0.2, -0.15) is 0 Å². The number of rotatable bonds is 8. The summed E-state index contributed by atoms with van der Waals surface area (Å²) in [6, 6.07) is 7.35. The third-order valence-corrected chi connectivity index (χ3v) is 7.05. The van der Waals surface area contributed by atoms with Gasteiger partial charge in [0.15, 0.2) is 0 Å². The second-order valence-electron chi connectivity index (χ2n) is 9.25. The van der Waals surface area contributed by atoms with Gasteiger partial charge in [-0.3, -0.25) is 9.80 Å². The minimum absolute atomic E-state index is 0.277. The van der Waals surface area contributed by atoms with Crippen molar-refractivity contribution in [2.75, 3.05) is 45.9 Å². The fourth-order valence-corrected chi connectivity index (χ4v) is 5.32. The Morgan fingerprint density at radius 3 is 2.35 bits per heavy atom. The first-order valence-electron chi connectivity index (χ1n) is 12.8. The van der Waals surface area contributed by atoms with E-state index in [-0.39, 0.29) is 12.6 Å². The van der Waals surface area contributed by atoms with Crippen LogP contribution in [0.5, 0.6) is 5.75 Å². The third kappa shape index (κ3) is 5.91. The molecule has 0 bridgehead atoms. The van der Waals surface area contributed by atoms with Crippen LogP contribution in [0.1, 0.15) is 57.6 Å². The highest BCUT2D eigenvalue weighted by Crippen LogP contribution is 2.30. The summed E-state index contributed by atoms with van der Waals surface area (Å²) in [5, 5.41) is 5.82. The second-order valence-corrected chi connectivity index (χ2v) is 9.25. The predicted octanol–water partition coefficient (Wildman–Crippen LogP) is 3.21. The zero-order valence-electron chi connectivity index (χ0n) is 20.5. The second kappa shape index (κ2) is 11.7. The van der Waals surface area contributed by atoms with Gasteiger partial charge in [-0.05, 0) is 44.4 Å². The molecule has 2 heterocycles. The summed E-state index contributed by atoms with van der Waals surface area (Å²) in [4.78, 5) is 30.6. The molecule has 2 fully saturated rings. The molecular weight excluding hydrogens is 432 g/mol. The summed E-state index contributed by atoms with van der Waals surface area (Å²) in [7, 11) is 0. The van der Waals surface area contributed by atoms with Crippen LogP contribution in [0.3, 0.4) is 0 Å². The van der Waals surface area contributed by atoms with Crippen LogP contribution in [0.25, 0.3) is 0 Å². The molecule has 0 spiro atoms. The number of benzene rings is 1. The van der Waals surface area contributed by atoms with Gasteiger partial charge >= 0.3 is 12.0 Å². The first-order valence-corrected chi connectivity index (χ1v) is 12.8. The Labute approximate surface area is 202 Å². The monoisotopic (exact) mass is 470 g/mol. The predicted molar refractivity (Wildman–Crippen MR) is 131 cm³/mol. The van der Waals surface area contributed by atoms with Crippen molar-refractivity contribution in [2.24, 2.45) is 0 Å². The van der Waals surface area contributed by atoms with Gasteiger partial charge in [-0.15, -0.1) is 0 Å². The number of piperazine rings is 1. The van der Waals surface area contributed by atoms with Gasteiger partial charge < -0.3 is 20.1 Å². The first kappa shape index (κ1) is 24.5. The Kier molecular flexibility index (Phi) is 8.45. The van der Waals surface area contributed by atoms with Gasteiger partial charge in [0.2, 0.25) is 0 Å². The van der Waals surface area contributed by atoms with Crippen molar-refractivity contribution >= 4 is 12.0 Å². The van der Waals surface area contributed by atoms with E-state index in [4.69, 9.17) is 9.47 Å². The maximum absolute atomic E-state index is 13.0. The quantitative estimate of drug-likeness (QED) is 0.568. The molecule has 1 atom stereocenters. The highest BCUT2D eigenvalue weighted by atomic mass is 16.5. The Balaban J connectivity index is 1.51. The fourth-order valence-electron chi connectivity index (χ4n) is 5.32. The van der Waals surface area contributed by atoms with E-state index in [1.807, 2.05) is 31.2 Å². The minimum atomic E-state index is -0.568. The number of carbonyl (C=O) groups excluding carboxylic acids is 2. The van der Waals surface area contributed by atoms with E-state index in [9.17, 15) is 9.59 Å². The highest BCUT2D eigenvalue weighted by molar-refractivity contribution is 5.95. The lowest BCUT2D eigenvalue weighted by Crippen LogP contribution is -2.53. The summed E-state index contributed by atoms with van der Waals surface area (Å²) >= 11 is 0. The molecule has 2 N–H and O–H groups in total.